The zero-order valence-corrected chi connectivity index (χ0v) is 12.3. The molecule has 0 amide bonds. The predicted molar refractivity (Wildman–Crippen MR) is 80.9 cm³/mol. The van der Waals surface area contributed by atoms with Crippen LogP contribution < -0.4 is 4.90 Å². The Kier molecular flexibility index (Phi) is 5.90. The van der Waals surface area contributed by atoms with Crippen molar-refractivity contribution in [1.29, 1.82) is 0 Å². The first kappa shape index (κ1) is 15.6. The molecule has 0 fully saturated rings. The number of halogens is 1. The number of nitrogens with zero attached hydrogens (tertiary/aromatic N) is 1. The third-order valence-electron chi connectivity index (χ3n) is 3.27. The highest BCUT2D eigenvalue weighted by Gasteiger charge is 2.16. The number of rotatable bonds is 6. The number of aliphatic carboxylic acids is 1. The molecule has 0 saturated carbocycles. The lowest BCUT2D eigenvalue weighted by Gasteiger charge is -2.30. The van der Waals surface area contributed by atoms with E-state index in [1.165, 1.54) is 0 Å². The summed E-state index contributed by atoms with van der Waals surface area (Å²) >= 11 is 6.27. The monoisotopic (exact) mass is 281 g/mol. The first-order valence-corrected chi connectivity index (χ1v) is 6.81. The lowest BCUT2D eigenvalue weighted by atomic mass is 10.1. The van der Waals surface area contributed by atoms with Crippen molar-refractivity contribution in [3.63, 3.8) is 0 Å². The van der Waals surface area contributed by atoms with E-state index < -0.39 is 5.97 Å². The number of anilines is 1. The van der Waals surface area contributed by atoms with Gasteiger partial charge in [-0.05, 0) is 30.5 Å². The van der Waals surface area contributed by atoms with Gasteiger partial charge in [-0.3, -0.25) is 0 Å². The third kappa shape index (κ3) is 4.00. The van der Waals surface area contributed by atoms with E-state index in [4.69, 9.17) is 16.7 Å². The molecule has 0 aliphatic rings. The fraction of sp³-hybridized carbons (Fsp3) is 0.400. The Morgan fingerprint density at radius 3 is 2.58 bits per heavy atom. The van der Waals surface area contributed by atoms with E-state index in [0.29, 0.717) is 11.1 Å². The second-order valence-electron chi connectivity index (χ2n) is 4.43. The molecule has 3 nitrogen and oxygen atoms in total. The molecule has 1 aromatic carbocycles. The van der Waals surface area contributed by atoms with E-state index in [9.17, 15) is 4.79 Å². The Morgan fingerprint density at radius 1 is 1.42 bits per heavy atom. The van der Waals surface area contributed by atoms with E-state index in [2.05, 4.69) is 18.7 Å². The number of benzene rings is 1. The lowest BCUT2D eigenvalue weighted by Crippen LogP contribution is -2.31. The predicted octanol–water partition coefficient (Wildman–Crippen LogP) is 4.06. The number of carboxylic acids is 1. The number of hydrogen-bond acceptors (Lipinski definition) is 2. The maximum absolute atomic E-state index is 10.7. The van der Waals surface area contributed by atoms with Crippen molar-refractivity contribution in [2.24, 2.45) is 0 Å². The van der Waals surface area contributed by atoms with Gasteiger partial charge in [0.2, 0.25) is 0 Å². The van der Waals surface area contributed by atoms with Gasteiger partial charge in [-0.2, -0.15) is 0 Å². The van der Waals surface area contributed by atoms with Crippen LogP contribution in [0.5, 0.6) is 0 Å². The molecule has 0 atom stereocenters. The Bertz CT molecular complexity index is 467. The molecule has 104 valence electrons. The fourth-order valence-electron chi connectivity index (χ4n) is 2.22. The van der Waals surface area contributed by atoms with Crippen LogP contribution in [-0.2, 0) is 4.79 Å². The highest BCUT2D eigenvalue weighted by molar-refractivity contribution is 6.33. The number of carbonyl (C=O) groups is 1. The van der Waals surface area contributed by atoms with Crippen molar-refractivity contribution in [2.75, 3.05) is 11.9 Å². The van der Waals surface area contributed by atoms with Crippen molar-refractivity contribution >= 4 is 29.3 Å². The van der Waals surface area contributed by atoms with Crippen molar-refractivity contribution in [3.05, 3.63) is 34.9 Å². The summed E-state index contributed by atoms with van der Waals surface area (Å²) in [5.41, 5.74) is 1.71. The molecule has 0 spiro atoms. The molecule has 0 bridgehead atoms. The summed E-state index contributed by atoms with van der Waals surface area (Å²) in [5, 5.41) is 9.38. The van der Waals surface area contributed by atoms with Crippen LogP contribution in [0.1, 0.15) is 32.3 Å². The maximum atomic E-state index is 10.7. The first-order chi connectivity index (χ1) is 9.01. The molecule has 0 heterocycles. The van der Waals surface area contributed by atoms with Gasteiger partial charge in [0.15, 0.2) is 0 Å². The smallest absolute Gasteiger partial charge is 0.328 e. The minimum Gasteiger partial charge on any atom is -0.478 e. The average molecular weight is 282 g/mol. The first-order valence-electron chi connectivity index (χ1n) is 6.43. The lowest BCUT2D eigenvalue weighted by molar-refractivity contribution is -0.131. The summed E-state index contributed by atoms with van der Waals surface area (Å²) in [5.74, 6) is -0.962. The Morgan fingerprint density at radius 2 is 2.05 bits per heavy atom. The molecule has 0 unspecified atom stereocenters. The zero-order chi connectivity index (χ0) is 14.4. The molecule has 19 heavy (non-hydrogen) atoms. The van der Waals surface area contributed by atoms with E-state index >= 15 is 0 Å². The minimum absolute atomic E-state index is 0.386. The van der Waals surface area contributed by atoms with Gasteiger partial charge in [-0.25, -0.2) is 4.79 Å². The van der Waals surface area contributed by atoms with Gasteiger partial charge in [-0.15, -0.1) is 0 Å². The van der Waals surface area contributed by atoms with Crippen LogP contribution in [0.2, 0.25) is 5.02 Å². The number of para-hydroxylation sites is 1. The van der Waals surface area contributed by atoms with Crippen molar-refractivity contribution in [1.82, 2.24) is 0 Å². The summed E-state index contributed by atoms with van der Waals surface area (Å²) in [4.78, 5) is 12.8. The third-order valence-corrected chi connectivity index (χ3v) is 3.57. The second kappa shape index (κ2) is 7.19. The molecular formula is C15H20ClNO2. The van der Waals surface area contributed by atoms with Crippen LogP contribution in [0.3, 0.4) is 0 Å². The normalized spacial score (nSPS) is 11.2. The topological polar surface area (TPSA) is 40.5 Å². The molecule has 0 aliphatic carbocycles. The summed E-state index contributed by atoms with van der Waals surface area (Å²) in [6.45, 7) is 4.27. The molecule has 1 N–H and O–H groups in total. The van der Waals surface area contributed by atoms with Crippen LogP contribution in [-0.4, -0.2) is 24.2 Å². The molecule has 0 saturated heterocycles. The average Bonchev–Trinajstić information content (AvgIpc) is 2.37. The molecule has 4 heteroatoms. The SMILES string of the molecule is CCC(CC)N(C)c1c(Cl)cccc1/C=C/C(=O)O. The Hall–Kier alpha value is -1.48. The highest BCUT2D eigenvalue weighted by atomic mass is 35.5. The Labute approximate surface area is 119 Å². The van der Waals surface area contributed by atoms with E-state index in [0.717, 1.165) is 30.2 Å². The summed E-state index contributed by atoms with van der Waals surface area (Å²) in [6.07, 6.45) is 4.75. The maximum Gasteiger partial charge on any atom is 0.328 e. The van der Waals surface area contributed by atoms with Gasteiger partial charge >= 0.3 is 5.97 Å². The number of carboxylic acid groups (broad SMARTS) is 1. The van der Waals surface area contributed by atoms with Gasteiger partial charge in [0.1, 0.15) is 0 Å². The highest BCUT2D eigenvalue weighted by Crippen LogP contribution is 2.32. The molecule has 0 radical (unpaired) electrons. The molecule has 0 aliphatic heterocycles. The van der Waals surface area contributed by atoms with Gasteiger partial charge < -0.3 is 10.0 Å². The minimum atomic E-state index is -0.962. The van der Waals surface area contributed by atoms with Crippen LogP contribution >= 0.6 is 11.6 Å². The van der Waals surface area contributed by atoms with E-state index in [1.54, 1.807) is 6.08 Å². The van der Waals surface area contributed by atoms with Crippen LogP contribution in [0.4, 0.5) is 5.69 Å². The molecular weight excluding hydrogens is 262 g/mol. The number of hydrogen-bond donors (Lipinski definition) is 1. The second-order valence-corrected chi connectivity index (χ2v) is 4.84. The van der Waals surface area contributed by atoms with Crippen molar-refractivity contribution in [2.45, 2.75) is 32.7 Å². The largest absolute Gasteiger partial charge is 0.478 e. The van der Waals surface area contributed by atoms with Crippen LogP contribution in [0.25, 0.3) is 6.08 Å². The quantitative estimate of drug-likeness (QED) is 0.799. The standard InChI is InChI=1S/C15H20ClNO2/c1-4-12(5-2)17(3)15-11(9-10-14(18)19)7-6-8-13(15)16/h6-10,12H,4-5H2,1-3H3,(H,18,19)/b10-9+. The Balaban J connectivity index is 3.20. The van der Waals surface area contributed by atoms with Gasteiger partial charge in [0, 0.05) is 19.2 Å². The molecule has 0 aromatic heterocycles. The van der Waals surface area contributed by atoms with Crippen molar-refractivity contribution in [3.8, 4) is 0 Å². The van der Waals surface area contributed by atoms with Gasteiger partial charge in [0.05, 0.1) is 10.7 Å². The van der Waals surface area contributed by atoms with Crippen LogP contribution in [0, 0.1) is 0 Å². The fourth-order valence-corrected chi connectivity index (χ4v) is 2.53. The van der Waals surface area contributed by atoms with Gasteiger partial charge in [0.25, 0.3) is 0 Å². The van der Waals surface area contributed by atoms with Crippen LogP contribution in [0.15, 0.2) is 24.3 Å². The van der Waals surface area contributed by atoms with Crippen molar-refractivity contribution < 1.29 is 9.90 Å². The zero-order valence-electron chi connectivity index (χ0n) is 11.6. The van der Waals surface area contributed by atoms with Gasteiger partial charge in [-0.1, -0.05) is 37.6 Å². The molecule has 1 aromatic rings. The van der Waals surface area contributed by atoms with E-state index in [1.807, 2.05) is 25.2 Å². The summed E-state index contributed by atoms with van der Waals surface area (Å²) in [6, 6.07) is 5.92. The summed E-state index contributed by atoms with van der Waals surface area (Å²) in [7, 11) is 2.00. The summed E-state index contributed by atoms with van der Waals surface area (Å²) < 4.78 is 0. The van der Waals surface area contributed by atoms with E-state index in [-0.39, 0.29) is 0 Å². The molecule has 1 rings (SSSR count).